The molecule has 7 nitrogen and oxygen atoms in total. The van der Waals surface area contributed by atoms with E-state index in [1.54, 1.807) is 6.92 Å². The fraction of sp³-hybridized carbons (Fsp3) is 0.471. The number of carbonyl (C=O) groups is 2. The largest absolute Gasteiger partial charge is 0.456 e. The number of nitrogens with zero attached hydrogens (tertiary/aromatic N) is 2. The predicted octanol–water partition coefficient (Wildman–Crippen LogP) is 3.60. The van der Waals surface area contributed by atoms with Crippen molar-refractivity contribution in [1.29, 1.82) is 0 Å². The molecule has 0 spiro atoms. The number of hydrogen-bond acceptors (Lipinski definition) is 6. The normalized spacial score (nSPS) is 25.1. The summed E-state index contributed by atoms with van der Waals surface area (Å²) in [6.45, 7) is 3.98. The van der Waals surface area contributed by atoms with Crippen LogP contribution in [0.25, 0.3) is 11.0 Å². The molecule has 0 amide bonds. The summed E-state index contributed by atoms with van der Waals surface area (Å²) in [5.41, 5.74) is -0.451. The molecule has 0 bridgehead atoms. The van der Waals surface area contributed by atoms with Gasteiger partial charge in [-0.15, -0.1) is 0 Å². The number of ether oxygens (including phenoxy) is 3. The van der Waals surface area contributed by atoms with Gasteiger partial charge in [-0.3, -0.25) is 14.2 Å². The average Bonchev–Trinajstić information content (AvgIpc) is 3.02. The molecule has 2 heterocycles. The minimum absolute atomic E-state index is 0.125. The molecule has 3 rings (SSSR count). The van der Waals surface area contributed by atoms with Crippen molar-refractivity contribution in [2.45, 2.75) is 51.5 Å². The van der Waals surface area contributed by atoms with Crippen LogP contribution in [0.2, 0.25) is 0 Å². The van der Waals surface area contributed by atoms with Gasteiger partial charge in [-0.2, -0.15) is 13.2 Å². The lowest BCUT2D eigenvalue weighted by Crippen LogP contribution is -2.38. The Hall–Kier alpha value is -2.14. The molecule has 0 unspecified atom stereocenters. The third kappa shape index (κ3) is 3.86. The van der Waals surface area contributed by atoms with Gasteiger partial charge in [0.25, 0.3) is 0 Å². The summed E-state index contributed by atoms with van der Waals surface area (Å²) in [6, 6.07) is 3.10. The zero-order valence-corrected chi connectivity index (χ0v) is 16.6. The van der Waals surface area contributed by atoms with Crippen LogP contribution in [-0.2, 0) is 30.0 Å². The Morgan fingerprint density at radius 3 is 2.36 bits per heavy atom. The lowest BCUT2D eigenvalue weighted by molar-refractivity contribution is -0.165. The Bertz CT molecular complexity index is 929. The molecule has 1 aliphatic rings. The molecule has 11 heteroatoms. The summed E-state index contributed by atoms with van der Waals surface area (Å²) >= 11 is 3.22. The van der Waals surface area contributed by atoms with E-state index in [0.29, 0.717) is 0 Å². The van der Waals surface area contributed by atoms with Gasteiger partial charge in [-0.05, 0) is 41.1 Å². The van der Waals surface area contributed by atoms with Crippen molar-refractivity contribution in [1.82, 2.24) is 9.55 Å². The first kappa shape index (κ1) is 20.6. The number of halogens is 4. The second-order valence-electron chi connectivity index (χ2n) is 6.33. The summed E-state index contributed by atoms with van der Waals surface area (Å²) in [4.78, 5) is 27.2. The van der Waals surface area contributed by atoms with Gasteiger partial charge in [0.05, 0.1) is 22.7 Å². The van der Waals surface area contributed by atoms with Gasteiger partial charge >= 0.3 is 18.1 Å². The summed E-state index contributed by atoms with van der Waals surface area (Å²) in [5.74, 6) is -1.26. The van der Waals surface area contributed by atoms with E-state index in [0.717, 1.165) is 12.1 Å². The van der Waals surface area contributed by atoms with Crippen LogP contribution in [0, 0.1) is 0 Å². The molecule has 0 radical (unpaired) electrons. The van der Waals surface area contributed by atoms with Crippen LogP contribution in [0.1, 0.15) is 32.6 Å². The van der Waals surface area contributed by atoms with E-state index in [1.807, 2.05) is 0 Å². The van der Waals surface area contributed by atoms with Crippen LogP contribution in [0.3, 0.4) is 0 Å². The van der Waals surface area contributed by atoms with E-state index in [1.165, 1.54) is 24.5 Å². The summed E-state index contributed by atoms with van der Waals surface area (Å²) in [7, 11) is 0. The number of alkyl halides is 3. The topological polar surface area (TPSA) is 79.6 Å². The Labute approximate surface area is 165 Å². The average molecular weight is 465 g/mol. The van der Waals surface area contributed by atoms with Gasteiger partial charge < -0.3 is 14.2 Å². The number of esters is 2. The minimum Gasteiger partial charge on any atom is -0.456 e. The molecule has 1 aromatic carbocycles. The molecule has 1 aromatic heterocycles. The molecule has 2 aromatic rings. The number of aromatic nitrogens is 2. The van der Waals surface area contributed by atoms with Crippen LogP contribution in [0.4, 0.5) is 13.2 Å². The van der Waals surface area contributed by atoms with Gasteiger partial charge in [-0.25, -0.2) is 4.98 Å². The third-order valence-corrected chi connectivity index (χ3v) is 4.81. The van der Waals surface area contributed by atoms with Crippen molar-refractivity contribution in [3.63, 3.8) is 0 Å². The number of hydrogen-bond donors (Lipinski definition) is 0. The minimum atomic E-state index is -4.55. The zero-order chi connectivity index (χ0) is 20.8. The second-order valence-corrected chi connectivity index (χ2v) is 7.04. The predicted molar refractivity (Wildman–Crippen MR) is 93.1 cm³/mol. The van der Waals surface area contributed by atoms with Crippen LogP contribution < -0.4 is 0 Å². The maximum absolute atomic E-state index is 13.1. The fourth-order valence-corrected chi connectivity index (χ4v) is 3.75. The highest BCUT2D eigenvalue weighted by Crippen LogP contribution is 2.39. The van der Waals surface area contributed by atoms with E-state index < -0.39 is 48.2 Å². The Balaban J connectivity index is 2.12. The lowest BCUT2D eigenvalue weighted by atomic mass is 10.1. The highest BCUT2D eigenvalue weighted by Gasteiger charge is 2.49. The van der Waals surface area contributed by atoms with E-state index in [4.69, 9.17) is 14.2 Å². The van der Waals surface area contributed by atoms with E-state index in [9.17, 15) is 22.8 Å². The number of benzene rings is 1. The molecule has 4 atom stereocenters. The van der Waals surface area contributed by atoms with E-state index >= 15 is 0 Å². The highest BCUT2D eigenvalue weighted by atomic mass is 79.9. The molecule has 28 heavy (non-hydrogen) atoms. The third-order valence-electron chi connectivity index (χ3n) is 4.25. The molecule has 0 aliphatic carbocycles. The Morgan fingerprint density at radius 2 is 1.79 bits per heavy atom. The number of carbonyl (C=O) groups excluding carboxylic acids is 2. The molecule has 1 saturated heterocycles. The second kappa shape index (κ2) is 7.36. The first-order valence-electron chi connectivity index (χ1n) is 8.23. The monoisotopic (exact) mass is 464 g/mol. The molecule has 152 valence electrons. The Morgan fingerprint density at radius 1 is 1.18 bits per heavy atom. The first-order valence-corrected chi connectivity index (χ1v) is 9.03. The van der Waals surface area contributed by atoms with Crippen LogP contribution in [0.5, 0.6) is 0 Å². The smallest absolute Gasteiger partial charge is 0.416 e. The van der Waals surface area contributed by atoms with Crippen LogP contribution in [0.15, 0.2) is 22.9 Å². The molecular formula is C17H16BrF3N2O5. The number of fused-ring (bicyclic) bond motifs is 1. The van der Waals surface area contributed by atoms with Gasteiger partial charge in [0.15, 0.2) is 23.2 Å². The maximum Gasteiger partial charge on any atom is 0.416 e. The quantitative estimate of drug-likeness (QED) is 0.645. The molecule has 0 saturated carbocycles. The van der Waals surface area contributed by atoms with Crippen LogP contribution >= 0.6 is 15.9 Å². The van der Waals surface area contributed by atoms with Crippen molar-refractivity contribution in [2.75, 3.05) is 0 Å². The van der Waals surface area contributed by atoms with E-state index in [2.05, 4.69) is 20.9 Å². The SMILES string of the molecule is CC(=O)O[C@@H]1[C@H](OC(C)=O)[C@@H](C)O[C@H]1n1c(Br)nc2ccc(C(F)(F)F)cc21. The number of rotatable bonds is 3. The summed E-state index contributed by atoms with van der Waals surface area (Å²) in [5, 5.41) is 0. The van der Waals surface area contributed by atoms with Crippen molar-refractivity contribution in [3.8, 4) is 0 Å². The van der Waals surface area contributed by atoms with Gasteiger partial charge in [0.2, 0.25) is 0 Å². The molecule has 1 aliphatic heterocycles. The standard InChI is InChI=1S/C17H16BrF3N2O5/c1-7-13(27-8(2)24)14(28-9(3)25)15(26-7)23-12-6-10(17(19,20)21)4-5-11(12)22-16(23)18/h4-7,13-15H,1-3H3/t7-,13-,14-,15-/m1/s1. The maximum atomic E-state index is 13.1. The number of imidazole rings is 1. The first-order chi connectivity index (χ1) is 13.0. The summed E-state index contributed by atoms with van der Waals surface area (Å²) in [6.07, 6.45) is -8.27. The summed E-state index contributed by atoms with van der Waals surface area (Å²) < 4.78 is 57.3. The van der Waals surface area contributed by atoms with Gasteiger partial charge in [0.1, 0.15) is 0 Å². The van der Waals surface area contributed by atoms with Crippen molar-refractivity contribution < 1.29 is 37.0 Å². The van der Waals surface area contributed by atoms with Crippen molar-refractivity contribution >= 4 is 38.9 Å². The van der Waals surface area contributed by atoms with Crippen LogP contribution in [-0.4, -0.2) is 39.8 Å². The zero-order valence-electron chi connectivity index (χ0n) is 15.0. The molecule has 1 fully saturated rings. The fourth-order valence-electron chi connectivity index (χ4n) is 3.17. The lowest BCUT2D eigenvalue weighted by Gasteiger charge is -2.24. The highest BCUT2D eigenvalue weighted by molar-refractivity contribution is 9.10. The van der Waals surface area contributed by atoms with Crippen molar-refractivity contribution in [3.05, 3.63) is 28.5 Å². The Kier molecular flexibility index (Phi) is 5.41. The van der Waals surface area contributed by atoms with Gasteiger partial charge in [-0.1, -0.05) is 0 Å². The van der Waals surface area contributed by atoms with Gasteiger partial charge in [0, 0.05) is 13.8 Å². The molecule has 0 N–H and O–H groups in total. The van der Waals surface area contributed by atoms with E-state index in [-0.39, 0.29) is 15.8 Å². The molecular weight excluding hydrogens is 449 g/mol. The van der Waals surface area contributed by atoms with Crippen molar-refractivity contribution in [2.24, 2.45) is 0 Å².